The Balaban J connectivity index is 1.94. The highest BCUT2D eigenvalue weighted by Crippen LogP contribution is 2.30. The predicted molar refractivity (Wildman–Crippen MR) is 119 cm³/mol. The second-order valence-electron chi connectivity index (χ2n) is 6.71. The van der Waals surface area contributed by atoms with Crippen LogP contribution in [0, 0.1) is 0 Å². The topological polar surface area (TPSA) is 122 Å². The number of primary amides is 1. The number of nitrogens with zero attached hydrogens (tertiary/aromatic N) is 1. The van der Waals surface area contributed by atoms with E-state index in [4.69, 9.17) is 25.4 Å². The summed E-state index contributed by atoms with van der Waals surface area (Å²) in [5, 5.41) is 17.8. The van der Waals surface area contributed by atoms with E-state index in [9.17, 15) is 9.59 Å². The molecule has 3 aromatic carbocycles. The normalized spacial score (nSPS) is 10.4. The summed E-state index contributed by atoms with van der Waals surface area (Å²) in [6, 6.07) is 19.9. The maximum atomic E-state index is 13.4. The molecule has 0 atom stereocenters. The van der Waals surface area contributed by atoms with Crippen molar-refractivity contribution in [1.29, 1.82) is 0 Å². The molecule has 0 heterocycles. The summed E-state index contributed by atoms with van der Waals surface area (Å²) in [6.45, 7) is 0.143. The van der Waals surface area contributed by atoms with Gasteiger partial charge in [-0.25, -0.2) is 0 Å². The Morgan fingerprint density at radius 1 is 0.688 bits per heavy atom. The lowest BCUT2D eigenvalue weighted by molar-refractivity contribution is 0.0988. The number of hydrogen-bond donors (Lipinski definition) is 3. The highest BCUT2D eigenvalue weighted by molar-refractivity contribution is 6.11. The lowest BCUT2D eigenvalue weighted by Crippen LogP contribution is -2.26. The molecule has 0 spiro atoms. The molecule has 0 aliphatic heterocycles. The molecule has 0 aliphatic carbocycles. The Hall–Kier alpha value is -3.88. The summed E-state index contributed by atoms with van der Waals surface area (Å²) < 4.78 is 10.8. The largest absolute Gasteiger partial charge is 0.491 e. The van der Waals surface area contributed by atoms with Gasteiger partial charge in [0.2, 0.25) is 5.91 Å². The summed E-state index contributed by atoms with van der Waals surface area (Å²) in [5.74, 6) is 0.245. The number of hydrogen-bond acceptors (Lipinski definition) is 6. The van der Waals surface area contributed by atoms with Crippen LogP contribution in [0.4, 0.5) is 11.4 Å². The zero-order chi connectivity index (χ0) is 22.9. The summed E-state index contributed by atoms with van der Waals surface area (Å²) >= 11 is 0. The summed E-state index contributed by atoms with van der Waals surface area (Å²) in [5.41, 5.74) is 7.15. The average molecular weight is 436 g/mol. The minimum Gasteiger partial charge on any atom is -0.491 e. The highest BCUT2D eigenvalue weighted by Gasteiger charge is 2.20. The van der Waals surface area contributed by atoms with E-state index in [1.165, 1.54) is 17.0 Å². The molecule has 166 valence electrons. The van der Waals surface area contributed by atoms with Crippen LogP contribution in [-0.2, 0) is 0 Å². The van der Waals surface area contributed by atoms with E-state index in [-0.39, 0.29) is 32.3 Å². The number of aliphatic hydroxyl groups is 2. The SMILES string of the molecule is NC(=O)c1ccc(C(=O)N(c2ccc(OCCO)cc2)c2ccc(OCCO)cc2)cc1. The van der Waals surface area contributed by atoms with Gasteiger partial charge >= 0.3 is 0 Å². The Labute approximate surface area is 185 Å². The smallest absolute Gasteiger partial charge is 0.262 e. The first-order valence-electron chi connectivity index (χ1n) is 9.95. The fourth-order valence-corrected chi connectivity index (χ4v) is 3.00. The van der Waals surface area contributed by atoms with Gasteiger partial charge in [0, 0.05) is 22.5 Å². The quantitative estimate of drug-likeness (QED) is 0.449. The van der Waals surface area contributed by atoms with E-state index >= 15 is 0 Å². The van der Waals surface area contributed by atoms with Crippen molar-refractivity contribution in [2.24, 2.45) is 5.73 Å². The number of anilines is 2. The third-order valence-electron chi connectivity index (χ3n) is 4.53. The zero-order valence-electron chi connectivity index (χ0n) is 17.3. The highest BCUT2D eigenvalue weighted by atomic mass is 16.5. The third-order valence-corrected chi connectivity index (χ3v) is 4.53. The van der Waals surface area contributed by atoms with Gasteiger partial charge in [-0.1, -0.05) is 0 Å². The molecule has 4 N–H and O–H groups in total. The lowest BCUT2D eigenvalue weighted by atomic mass is 10.1. The molecule has 8 nitrogen and oxygen atoms in total. The Morgan fingerprint density at radius 3 is 1.47 bits per heavy atom. The van der Waals surface area contributed by atoms with Crippen molar-refractivity contribution >= 4 is 23.2 Å². The summed E-state index contributed by atoms with van der Waals surface area (Å²) in [6.07, 6.45) is 0. The van der Waals surface area contributed by atoms with Gasteiger partial charge in [-0.3, -0.25) is 14.5 Å². The Morgan fingerprint density at radius 2 is 1.09 bits per heavy atom. The molecular weight excluding hydrogens is 412 g/mol. The molecular formula is C24H24N2O6. The number of carbonyl (C=O) groups is 2. The third kappa shape index (κ3) is 5.63. The van der Waals surface area contributed by atoms with Crippen molar-refractivity contribution in [2.75, 3.05) is 31.3 Å². The van der Waals surface area contributed by atoms with Crippen LogP contribution in [-0.4, -0.2) is 48.5 Å². The van der Waals surface area contributed by atoms with Crippen LogP contribution >= 0.6 is 0 Å². The van der Waals surface area contributed by atoms with E-state index in [1.54, 1.807) is 60.7 Å². The summed E-state index contributed by atoms with van der Waals surface area (Å²) in [4.78, 5) is 26.3. The zero-order valence-corrected chi connectivity index (χ0v) is 17.3. The second kappa shape index (κ2) is 10.9. The molecule has 0 bridgehead atoms. The predicted octanol–water partition coefficient (Wildman–Crippen LogP) is 2.51. The van der Waals surface area contributed by atoms with Crippen LogP contribution in [0.15, 0.2) is 72.8 Å². The van der Waals surface area contributed by atoms with Crippen LogP contribution in [0.25, 0.3) is 0 Å². The molecule has 0 fully saturated rings. The van der Waals surface area contributed by atoms with E-state index in [2.05, 4.69) is 0 Å². The van der Waals surface area contributed by atoms with Gasteiger partial charge < -0.3 is 25.4 Å². The van der Waals surface area contributed by atoms with E-state index in [0.717, 1.165) is 0 Å². The minimum atomic E-state index is -0.571. The molecule has 0 unspecified atom stereocenters. The number of aliphatic hydroxyl groups excluding tert-OH is 2. The number of carbonyl (C=O) groups excluding carboxylic acids is 2. The molecule has 3 aromatic rings. The second-order valence-corrected chi connectivity index (χ2v) is 6.71. The molecule has 0 radical (unpaired) electrons. The lowest BCUT2D eigenvalue weighted by Gasteiger charge is -2.24. The van der Waals surface area contributed by atoms with Crippen LogP contribution in [0.3, 0.4) is 0 Å². The Bertz CT molecular complexity index is 982. The standard InChI is InChI=1S/C24H24N2O6/c25-23(29)17-1-3-18(4-2-17)24(30)26(19-5-9-21(10-6-19)31-15-13-27)20-7-11-22(12-8-20)32-16-14-28/h1-12,27-28H,13-16H2,(H2,25,29). The van der Waals surface area contributed by atoms with Crippen LogP contribution in [0.1, 0.15) is 20.7 Å². The fourth-order valence-electron chi connectivity index (χ4n) is 3.00. The minimum absolute atomic E-state index is 0.0988. The van der Waals surface area contributed by atoms with Crippen molar-refractivity contribution in [2.45, 2.75) is 0 Å². The van der Waals surface area contributed by atoms with E-state index in [1.807, 2.05) is 0 Å². The monoisotopic (exact) mass is 436 g/mol. The molecule has 32 heavy (non-hydrogen) atoms. The van der Waals surface area contributed by atoms with Gasteiger partial charge in [0.1, 0.15) is 24.7 Å². The van der Waals surface area contributed by atoms with Gasteiger partial charge in [0.25, 0.3) is 5.91 Å². The maximum absolute atomic E-state index is 13.4. The van der Waals surface area contributed by atoms with Crippen LogP contribution in [0.2, 0.25) is 0 Å². The number of amides is 2. The fraction of sp³-hybridized carbons (Fsp3) is 0.167. The van der Waals surface area contributed by atoms with Crippen molar-refractivity contribution in [1.82, 2.24) is 0 Å². The van der Waals surface area contributed by atoms with Gasteiger partial charge in [0.15, 0.2) is 0 Å². The van der Waals surface area contributed by atoms with Crippen molar-refractivity contribution in [3.05, 3.63) is 83.9 Å². The van der Waals surface area contributed by atoms with E-state index < -0.39 is 5.91 Å². The van der Waals surface area contributed by atoms with Gasteiger partial charge in [-0.2, -0.15) is 0 Å². The first-order chi connectivity index (χ1) is 15.5. The molecule has 2 amide bonds. The Kier molecular flexibility index (Phi) is 7.80. The molecule has 3 rings (SSSR count). The van der Waals surface area contributed by atoms with Crippen LogP contribution in [0.5, 0.6) is 11.5 Å². The molecule has 0 aliphatic rings. The first-order valence-corrected chi connectivity index (χ1v) is 9.95. The number of rotatable bonds is 10. The molecule has 8 heteroatoms. The number of benzene rings is 3. The van der Waals surface area contributed by atoms with Crippen LogP contribution < -0.4 is 20.1 Å². The van der Waals surface area contributed by atoms with Gasteiger partial charge in [-0.05, 0) is 72.8 Å². The average Bonchev–Trinajstić information content (AvgIpc) is 2.83. The molecule has 0 saturated heterocycles. The number of nitrogens with two attached hydrogens (primary N) is 1. The van der Waals surface area contributed by atoms with E-state index in [0.29, 0.717) is 34.0 Å². The maximum Gasteiger partial charge on any atom is 0.262 e. The number of ether oxygens (including phenoxy) is 2. The summed E-state index contributed by atoms with van der Waals surface area (Å²) in [7, 11) is 0. The molecule has 0 aromatic heterocycles. The van der Waals surface area contributed by atoms with Gasteiger partial charge in [0.05, 0.1) is 13.2 Å². The van der Waals surface area contributed by atoms with Crippen molar-refractivity contribution < 1.29 is 29.3 Å². The van der Waals surface area contributed by atoms with Gasteiger partial charge in [-0.15, -0.1) is 0 Å². The molecule has 0 saturated carbocycles. The first kappa shape index (κ1) is 22.8. The van der Waals surface area contributed by atoms with Crippen molar-refractivity contribution in [3.8, 4) is 11.5 Å². The van der Waals surface area contributed by atoms with Crippen molar-refractivity contribution in [3.63, 3.8) is 0 Å².